The number of hydrogen-bond acceptors (Lipinski definition) is 3. The molecule has 0 fully saturated rings. The lowest BCUT2D eigenvalue weighted by molar-refractivity contribution is 1.17. The van der Waals surface area contributed by atoms with Crippen LogP contribution < -0.4 is 5.32 Å². The van der Waals surface area contributed by atoms with Crippen LogP contribution in [0.15, 0.2) is 22.8 Å². The molecule has 0 saturated heterocycles. The van der Waals surface area contributed by atoms with Crippen LogP contribution in [0.3, 0.4) is 0 Å². The van der Waals surface area contributed by atoms with Gasteiger partial charge in [-0.15, -0.1) is 11.3 Å². The maximum Gasteiger partial charge on any atom is 0.183 e. The highest BCUT2D eigenvalue weighted by Gasteiger charge is 2.06. The van der Waals surface area contributed by atoms with Gasteiger partial charge >= 0.3 is 0 Å². The van der Waals surface area contributed by atoms with E-state index in [1.807, 2.05) is 0 Å². The molecule has 0 radical (unpaired) electrons. The van der Waals surface area contributed by atoms with Crippen LogP contribution in [-0.4, -0.2) is 4.98 Å². The fraction of sp³-hybridized carbons (Fsp3) is 0.100. The monoisotopic (exact) mass is 370 g/mol. The van der Waals surface area contributed by atoms with E-state index in [4.69, 9.17) is 34.8 Å². The van der Waals surface area contributed by atoms with Crippen molar-refractivity contribution in [2.24, 2.45) is 0 Å². The van der Waals surface area contributed by atoms with E-state index in [-0.39, 0.29) is 0 Å². The summed E-state index contributed by atoms with van der Waals surface area (Å²) in [7, 11) is 0. The molecule has 0 aliphatic rings. The van der Waals surface area contributed by atoms with Gasteiger partial charge in [0.2, 0.25) is 0 Å². The smallest absolute Gasteiger partial charge is 0.183 e. The second-order valence-electron chi connectivity index (χ2n) is 3.19. The van der Waals surface area contributed by atoms with Gasteiger partial charge in [0.15, 0.2) is 4.47 Å². The number of rotatable bonds is 3. The van der Waals surface area contributed by atoms with Gasteiger partial charge in [-0.25, -0.2) is 4.98 Å². The summed E-state index contributed by atoms with van der Waals surface area (Å²) in [6, 6.07) is 3.61. The lowest BCUT2D eigenvalue weighted by atomic mass is 10.3. The minimum atomic E-state index is 0.536. The van der Waals surface area contributed by atoms with E-state index in [1.54, 1.807) is 18.3 Å². The number of nitrogens with zero attached hydrogens (tertiary/aromatic N) is 1. The number of thiazole rings is 1. The Balaban J connectivity index is 2.09. The van der Waals surface area contributed by atoms with Crippen LogP contribution in [-0.2, 0) is 6.54 Å². The van der Waals surface area contributed by atoms with Gasteiger partial charge in [0.25, 0.3) is 0 Å². The van der Waals surface area contributed by atoms with Crippen LogP contribution in [0.5, 0.6) is 0 Å². The molecule has 90 valence electrons. The summed E-state index contributed by atoms with van der Waals surface area (Å²) in [6.45, 7) is 0.638. The Morgan fingerprint density at radius 1 is 1.24 bits per heavy atom. The van der Waals surface area contributed by atoms with E-state index < -0.39 is 0 Å². The van der Waals surface area contributed by atoms with E-state index in [9.17, 15) is 0 Å². The van der Waals surface area contributed by atoms with Crippen LogP contribution in [0.2, 0.25) is 14.5 Å². The fourth-order valence-electron chi connectivity index (χ4n) is 1.21. The highest BCUT2D eigenvalue weighted by molar-refractivity contribution is 9.10. The van der Waals surface area contributed by atoms with Gasteiger partial charge < -0.3 is 5.32 Å². The van der Waals surface area contributed by atoms with Crippen molar-refractivity contribution in [1.82, 2.24) is 4.98 Å². The normalized spacial score (nSPS) is 10.6. The molecule has 1 aromatic carbocycles. The molecule has 7 heteroatoms. The Bertz CT molecular complexity index is 521. The standard InChI is InChI=1S/C10H6BrCl3N2S/c11-9-7(12)1-5(2-8(9)13)15-3-6-4-16-10(14)17-6/h1-2,4,15H,3H2. The summed E-state index contributed by atoms with van der Waals surface area (Å²) in [5.74, 6) is 0. The first-order valence-corrected chi connectivity index (χ1v) is 7.29. The van der Waals surface area contributed by atoms with Crippen LogP contribution in [0.4, 0.5) is 5.69 Å². The number of anilines is 1. The lowest BCUT2D eigenvalue weighted by Gasteiger charge is -2.07. The van der Waals surface area contributed by atoms with Crippen molar-refractivity contribution in [2.75, 3.05) is 5.32 Å². The average molecular weight is 373 g/mol. The van der Waals surface area contributed by atoms with Gasteiger partial charge in [0.1, 0.15) is 0 Å². The van der Waals surface area contributed by atoms with E-state index in [0.29, 0.717) is 25.5 Å². The first-order valence-electron chi connectivity index (χ1n) is 4.55. The predicted octanol–water partition coefficient (Wildman–Crippen LogP) is 5.48. The second kappa shape index (κ2) is 5.76. The fourth-order valence-corrected chi connectivity index (χ4v) is 2.85. The zero-order valence-corrected chi connectivity index (χ0v) is 13.0. The molecule has 2 rings (SSSR count). The first kappa shape index (κ1) is 13.4. The van der Waals surface area contributed by atoms with Gasteiger partial charge in [-0.3, -0.25) is 0 Å². The van der Waals surface area contributed by atoms with Crippen LogP contribution in [0.1, 0.15) is 4.88 Å². The summed E-state index contributed by atoms with van der Waals surface area (Å²) in [6.07, 6.45) is 1.74. The van der Waals surface area contributed by atoms with Crippen molar-refractivity contribution in [2.45, 2.75) is 6.54 Å². The Labute approximate surface area is 126 Å². The molecular weight excluding hydrogens is 366 g/mol. The number of nitrogens with one attached hydrogen (secondary N) is 1. The molecule has 0 bridgehead atoms. The van der Waals surface area contributed by atoms with Crippen LogP contribution >= 0.6 is 62.1 Å². The first-order chi connectivity index (χ1) is 8.06. The van der Waals surface area contributed by atoms with Gasteiger partial charge in [0, 0.05) is 16.8 Å². The van der Waals surface area contributed by atoms with E-state index in [2.05, 4.69) is 26.2 Å². The average Bonchev–Trinajstić information content (AvgIpc) is 2.69. The summed E-state index contributed by atoms with van der Waals surface area (Å²) in [4.78, 5) is 5.01. The van der Waals surface area contributed by atoms with Crippen molar-refractivity contribution in [1.29, 1.82) is 0 Å². The van der Waals surface area contributed by atoms with Crippen molar-refractivity contribution < 1.29 is 0 Å². The highest BCUT2D eigenvalue weighted by atomic mass is 79.9. The van der Waals surface area contributed by atoms with Gasteiger partial charge in [0.05, 0.1) is 21.1 Å². The molecule has 0 atom stereocenters. The minimum absolute atomic E-state index is 0.536. The minimum Gasteiger partial charge on any atom is -0.380 e. The molecule has 0 spiro atoms. The number of aromatic nitrogens is 1. The zero-order valence-electron chi connectivity index (χ0n) is 8.31. The molecule has 2 aromatic rings. The molecule has 1 heterocycles. The molecular formula is C10H6BrCl3N2S. The third kappa shape index (κ3) is 3.48. The molecule has 17 heavy (non-hydrogen) atoms. The maximum atomic E-state index is 6.00. The van der Waals surface area contributed by atoms with Crippen LogP contribution in [0, 0.1) is 0 Å². The summed E-state index contributed by atoms with van der Waals surface area (Å²) >= 11 is 22.5. The molecule has 0 aliphatic heterocycles. The molecule has 1 aromatic heterocycles. The molecule has 2 nitrogen and oxygen atoms in total. The van der Waals surface area contributed by atoms with Crippen molar-refractivity contribution in [3.63, 3.8) is 0 Å². The third-order valence-electron chi connectivity index (χ3n) is 1.98. The summed E-state index contributed by atoms with van der Waals surface area (Å²) in [5, 5.41) is 4.35. The van der Waals surface area contributed by atoms with Gasteiger partial charge in [-0.2, -0.15) is 0 Å². The quantitative estimate of drug-likeness (QED) is 0.722. The van der Waals surface area contributed by atoms with Crippen molar-refractivity contribution in [3.05, 3.63) is 42.2 Å². The Morgan fingerprint density at radius 3 is 2.41 bits per heavy atom. The van der Waals surface area contributed by atoms with Gasteiger partial charge in [-0.05, 0) is 28.1 Å². The van der Waals surface area contributed by atoms with Gasteiger partial charge in [-0.1, -0.05) is 34.8 Å². The van der Waals surface area contributed by atoms with E-state index in [1.165, 1.54) is 11.3 Å². The van der Waals surface area contributed by atoms with E-state index in [0.717, 1.165) is 10.6 Å². The van der Waals surface area contributed by atoms with Crippen LogP contribution in [0.25, 0.3) is 0 Å². The van der Waals surface area contributed by atoms with Crippen molar-refractivity contribution in [3.8, 4) is 0 Å². The zero-order chi connectivity index (χ0) is 12.4. The predicted molar refractivity (Wildman–Crippen MR) is 78.6 cm³/mol. The topological polar surface area (TPSA) is 24.9 Å². The second-order valence-corrected chi connectivity index (χ2v) is 6.49. The Hall–Kier alpha value is -0.000000000000000139. The molecule has 0 aliphatic carbocycles. The third-order valence-corrected chi connectivity index (χ3v) is 5.00. The highest BCUT2D eigenvalue weighted by Crippen LogP contribution is 2.33. The van der Waals surface area contributed by atoms with Crippen molar-refractivity contribution >= 4 is 67.8 Å². The summed E-state index contributed by atoms with van der Waals surface area (Å²) in [5.41, 5.74) is 0.854. The Kier molecular flexibility index (Phi) is 4.55. The maximum absolute atomic E-state index is 6.00. The largest absolute Gasteiger partial charge is 0.380 e. The number of halogens is 4. The van der Waals surface area contributed by atoms with E-state index >= 15 is 0 Å². The Morgan fingerprint density at radius 2 is 1.88 bits per heavy atom. The molecule has 0 unspecified atom stereocenters. The molecule has 1 N–H and O–H groups in total. The molecule has 0 saturated carbocycles. The SMILES string of the molecule is Clc1ncc(CNc2cc(Cl)c(Br)c(Cl)c2)s1. The summed E-state index contributed by atoms with van der Waals surface area (Å²) < 4.78 is 1.24. The number of benzene rings is 1. The molecule has 0 amide bonds. The lowest BCUT2D eigenvalue weighted by Crippen LogP contribution is -1.97. The number of hydrogen-bond donors (Lipinski definition) is 1.